The lowest BCUT2D eigenvalue weighted by Crippen LogP contribution is -2.13. The maximum Gasteiger partial charge on any atom is 0.227 e. The van der Waals surface area contributed by atoms with Crippen molar-refractivity contribution in [1.82, 2.24) is 35.1 Å². The molecule has 3 N–H and O–H groups in total. The molecule has 0 spiro atoms. The highest BCUT2D eigenvalue weighted by atomic mass is 32.1. The predicted octanol–water partition coefficient (Wildman–Crippen LogP) is 5.17. The van der Waals surface area contributed by atoms with Crippen molar-refractivity contribution >= 4 is 44.9 Å². The van der Waals surface area contributed by atoms with E-state index in [0.717, 1.165) is 35.0 Å². The molecule has 176 valence electrons. The van der Waals surface area contributed by atoms with Gasteiger partial charge in [0.15, 0.2) is 11.6 Å². The molecule has 9 nitrogen and oxygen atoms in total. The first kappa shape index (κ1) is 20.8. The van der Waals surface area contributed by atoms with E-state index < -0.39 is 5.82 Å². The van der Waals surface area contributed by atoms with Gasteiger partial charge in [-0.15, -0.1) is 0 Å². The van der Waals surface area contributed by atoms with Crippen LogP contribution < -0.4 is 5.32 Å². The summed E-state index contributed by atoms with van der Waals surface area (Å²) in [6.07, 6.45) is 9.82. The minimum absolute atomic E-state index is 0.0452. The number of aromatic amines is 2. The highest BCUT2D eigenvalue weighted by Gasteiger charge is 2.29. The van der Waals surface area contributed by atoms with E-state index in [4.69, 9.17) is 4.98 Å². The molecule has 0 saturated heterocycles. The second-order valence-electron chi connectivity index (χ2n) is 8.69. The first-order valence-corrected chi connectivity index (χ1v) is 12.3. The molecule has 0 aromatic carbocycles. The first-order valence-electron chi connectivity index (χ1n) is 11.3. The topological polar surface area (TPSA) is 125 Å². The predicted molar refractivity (Wildman–Crippen MR) is 135 cm³/mol. The van der Waals surface area contributed by atoms with Crippen molar-refractivity contribution in [3.8, 4) is 33.9 Å². The zero-order valence-corrected chi connectivity index (χ0v) is 19.4. The van der Waals surface area contributed by atoms with Gasteiger partial charge in [0.05, 0.1) is 40.7 Å². The van der Waals surface area contributed by atoms with Crippen LogP contribution >= 0.6 is 11.3 Å². The van der Waals surface area contributed by atoms with Crippen molar-refractivity contribution in [2.45, 2.75) is 12.8 Å². The second kappa shape index (κ2) is 8.02. The zero-order chi connectivity index (χ0) is 24.2. The molecule has 0 radical (unpaired) electrons. The molecule has 0 unspecified atom stereocenters. The molecule has 0 atom stereocenters. The molecule has 0 aliphatic heterocycles. The number of anilines is 1. The molecule has 1 aliphatic rings. The molecule has 6 aromatic rings. The number of thiophene rings is 1. The normalized spacial score (nSPS) is 13.5. The molecular formula is C25H17FN8OS. The molecule has 1 fully saturated rings. The van der Waals surface area contributed by atoms with Gasteiger partial charge in [-0.25, -0.2) is 9.37 Å². The van der Waals surface area contributed by atoms with Gasteiger partial charge in [0.25, 0.3) is 0 Å². The number of hydrogen-bond donors (Lipinski definition) is 3. The molecule has 7 rings (SSSR count). The van der Waals surface area contributed by atoms with Gasteiger partial charge in [0, 0.05) is 29.4 Å². The standard InChI is InChI=1S/C25H17FN8OS/c26-20-19-17(10-29-21(20)14-5-15(7-27-6-14)30-25(35)12-1-2-12)33-34-23(19)24-31-18-9-28-8-16(22(18)32-24)13-3-4-36-11-13/h3-12H,1-2H2,(H,30,35)(H,31,32)(H,33,34). The van der Waals surface area contributed by atoms with Crippen molar-refractivity contribution in [2.75, 3.05) is 5.32 Å². The van der Waals surface area contributed by atoms with Gasteiger partial charge < -0.3 is 10.3 Å². The lowest BCUT2D eigenvalue weighted by atomic mass is 10.1. The number of nitrogens with one attached hydrogen (secondary N) is 3. The smallest absolute Gasteiger partial charge is 0.227 e. The van der Waals surface area contributed by atoms with Crippen LogP contribution in [0, 0.1) is 11.7 Å². The summed E-state index contributed by atoms with van der Waals surface area (Å²) in [5.74, 6) is -0.135. The number of halogens is 1. The van der Waals surface area contributed by atoms with Crippen LogP contribution in [-0.2, 0) is 4.79 Å². The van der Waals surface area contributed by atoms with E-state index in [0.29, 0.717) is 28.3 Å². The Morgan fingerprint density at radius 2 is 1.94 bits per heavy atom. The number of nitrogens with zero attached hydrogens (tertiary/aromatic N) is 5. The molecule has 0 bridgehead atoms. The number of pyridine rings is 3. The summed E-state index contributed by atoms with van der Waals surface area (Å²) in [5.41, 5.74) is 5.19. The van der Waals surface area contributed by atoms with Crippen LogP contribution in [-0.4, -0.2) is 41.0 Å². The lowest BCUT2D eigenvalue weighted by Gasteiger charge is -2.07. The average Bonchev–Trinajstić information content (AvgIpc) is 3.27. The number of H-pyrrole nitrogens is 2. The maximum atomic E-state index is 15.9. The highest BCUT2D eigenvalue weighted by molar-refractivity contribution is 7.08. The fourth-order valence-corrected chi connectivity index (χ4v) is 4.91. The molecule has 1 saturated carbocycles. The largest absolute Gasteiger partial charge is 0.335 e. The minimum atomic E-state index is -0.555. The van der Waals surface area contributed by atoms with Crippen molar-refractivity contribution < 1.29 is 9.18 Å². The van der Waals surface area contributed by atoms with Crippen LogP contribution in [0.3, 0.4) is 0 Å². The first-order chi connectivity index (χ1) is 17.7. The number of rotatable bonds is 5. The van der Waals surface area contributed by atoms with E-state index in [1.165, 1.54) is 18.6 Å². The Kier molecular flexibility index (Phi) is 4.64. The number of fused-ring (bicyclic) bond motifs is 2. The van der Waals surface area contributed by atoms with Gasteiger partial charge in [-0.2, -0.15) is 16.4 Å². The Morgan fingerprint density at radius 3 is 2.78 bits per heavy atom. The molecule has 11 heteroatoms. The van der Waals surface area contributed by atoms with E-state index in [-0.39, 0.29) is 22.9 Å². The summed E-state index contributed by atoms with van der Waals surface area (Å²) in [6, 6.07) is 3.68. The number of aromatic nitrogens is 7. The van der Waals surface area contributed by atoms with Crippen molar-refractivity contribution in [1.29, 1.82) is 0 Å². The number of carbonyl (C=O) groups is 1. The summed E-state index contributed by atoms with van der Waals surface area (Å²) >= 11 is 1.59. The average molecular weight is 497 g/mol. The third kappa shape index (κ3) is 3.43. The van der Waals surface area contributed by atoms with E-state index in [9.17, 15) is 4.79 Å². The molecule has 1 amide bonds. The molecular weight excluding hydrogens is 479 g/mol. The van der Waals surface area contributed by atoms with Gasteiger partial charge in [-0.05, 0) is 41.3 Å². The van der Waals surface area contributed by atoms with E-state index in [1.807, 2.05) is 16.8 Å². The fraction of sp³-hybridized carbons (Fsp3) is 0.120. The summed E-state index contributed by atoms with van der Waals surface area (Å²) in [7, 11) is 0. The Hall–Kier alpha value is -4.51. The van der Waals surface area contributed by atoms with Crippen molar-refractivity contribution in [3.63, 3.8) is 0 Å². The number of imidazole rings is 1. The number of carbonyl (C=O) groups excluding carboxylic acids is 1. The van der Waals surface area contributed by atoms with Crippen LogP contribution in [0.4, 0.5) is 10.1 Å². The van der Waals surface area contributed by atoms with E-state index in [2.05, 4.69) is 35.5 Å². The van der Waals surface area contributed by atoms with Gasteiger partial charge >= 0.3 is 0 Å². The SMILES string of the molecule is O=C(Nc1cncc(-c2ncc3[nH]nc(-c4nc5c(-c6ccsc6)cncc5[nH]4)c3c2F)c1)C1CC1. The van der Waals surface area contributed by atoms with Gasteiger partial charge in [0.1, 0.15) is 16.9 Å². The van der Waals surface area contributed by atoms with Crippen molar-refractivity contribution in [3.05, 3.63) is 59.7 Å². The molecule has 6 aromatic heterocycles. The Labute approximate surface area is 206 Å². The number of hydrogen-bond acceptors (Lipinski definition) is 7. The van der Waals surface area contributed by atoms with E-state index >= 15 is 4.39 Å². The highest BCUT2D eigenvalue weighted by Crippen LogP contribution is 2.35. The summed E-state index contributed by atoms with van der Waals surface area (Å²) in [4.78, 5) is 32.9. The third-order valence-electron chi connectivity index (χ3n) is 6.22. The maximum absolute atomic E-state index is 15.9. The van der Waals surface area contributed by atoms with Gasteiger partial charge in [-0.1, -0.05) is 0 Å². The van der Waals surface area contributed by atoms with Gasteiger partial charge in [-0.3, -0.25) is 24.8 Å². The second-order valence-corrected chi connectivity index (χ2v) is 9.47. The zero-order valence-electron chi connectivity index (χ0n) is 18.6. The minimum Gasteiger partial charge on any atom is -0.335 e. The van der Waals surface area contributed by atoms with Crippen LogP contribution in [0.25, 0.3) is 55.8 Å². The number of amides is 1. The molecule has 1 aliphatic carbocycles. The van der Waals surface area contributed by atoms with Crippen LogP contribution in [0.2, 0.25) is 0 Å². The Morgan fingerprint density at radius 1 is 1.06 bits per heavy atom. The fourth-order valence-electron chi connectivity index (χ4n) is 4.25. The summed E-state index contributed by atoms with van der Waals surface area (Å²) in [5, 5.41) is 14.3. The summed E-state index contributed by atoms with van der Waals surface area (Å²) < 4.78 is 15.9. The summed E-state index contributed by atoms with van der Waals surface area (Å²) in [6.45, 7) is 0. The van der Waals surface area contributed by atoms with Crippen LogP contribution in [0.15, 0.2) is 53.9 Å². The van der Waals surface area contributed by atoms with Crippen molar-refractivity contribution in [2.24, 2.45) is 5.92 Å². The Balaban J connectivity index is 1.32. The monoisotopic (exact) mass is 496 g/mol. The van der Waals surface area contributed by atoms with Crippen LogP contribution in [0.1, 0.15) is 12.8 Å². The third-order valence-corrected chi connectivity index (χ3v) is 6.91. The Bertz CT molecular complexity index is 1770. The quantitative estimate of drug-likeness (QED) is 0.302. The van der Waals surface area contributed by atoms with Gasteiger partial charge in [0.2, 0.25) is 5.91 Å². The molecule has 36 heavy (non-hydrogen) atoms. The molecule has 6 heterocycles. The van der Waals surface area contributed by atoms with Crippen LogP contribution in [0.5, 0.6) is 0 Å². The van der Waals surface area contributed by atoms with E-state index in [1.54, 1.807) is 29.8 Å². The lowest BCUT2D eigenvalue weighted by molar-refractivity contribution is -0.117.